The lowest BCUT2D eigenvalue weighted by molar-refractivity contribution is 0.0785. The molecule has 0 bridgehead atoms. The summed E-state index contributed by atoms with van der Waals surface area (Å²) in [5.41, 5.74) is 2.70. The van der Waals surface area contributed by atoms with Gasteiger partial charge in [0.25, 0.3) is 15.9 Å². The highest BCUT2D eigenvalue weighted by Gasteiger charge is 2.28. The van der Waals surface area contributed by atoms with E-state index in [1.165, 1.54) is 6.07 Å². The van der Waals surface area contributed by atoms with Gasteiger partial charge in [-0.1, -0.05) is 24.3 Å². The Balaban J connectivity index is 1.43. The smallest absolute Gasteiger partial charge is 0.285 e. The third-order valence-electron chi connectivity index (χ3n) is 5.03. The van der Waals surface area contributed by atoms with Gasteiger partial charge in [0.05, 0.1) is 6.61 Å². The van der Waals surface area contributed by atoms with Crippen LogP contribution in [-0.4, -0.2) is 38.7 Å². The Morgan fingerprint density at radius 3 is 2.38 bits per heavy atom. The summed E-state index contributed by atoms with van der Waals surface area (Å²) in [7, 11) is -1.94. The van der Waals surface area contributed by atoms with Crippen molar-refractivity contribution in [3.8, 4) is 5.75 Å². The first-order valence-electron chi connectivity index (χ1n) is 10.2. The average molecular weight is 450 g/mol. The van der Waals surface area contributed by atoms with E-state index in [4.69, 9.17) is 4.74 Å². The van der Waals surface area contributed by atoms with Crippen LogP contribution in [0.5, 0.6) is 5.75 Å². The number of amides is 1. The van der Waals surface area contributed by atoms with Crippen molar-refractivity contribution in [1.29, 1.82) is 0 Å². The zero-order valence-corrected chi connectivity index (χ0v) is 18.6. The second-order valence-electron chi connectivity index (χ2n) is 7.35. The van der Waals surface area contributed by atoms with Crippen LogP contribution < -0.4 is 10.1 Å². The second-order valence-corrected chi connectivity index (χ2v) is 8.92. The Labute approximate surface area is 187 Å². The molecule has 0 radical (unpaired) electrons. The van der Waals surface area contributed by atoms with E-state index in [0.717, 1.165) is 11.3 Å². The van der Waals surface area contributed by atoms with Crippen LogP contribution in [0.4, 0.5) is 5.69 Å². The highest BCUT2D eigenvalue weighted by molar-refractivity contribution is 7.90. The van der Waals surface area contributed by atoms with Crippen molar-refractivity contribution < 1.29 is 17.9 Å². The van der Waals surface area contributed by atoms with Gasteiger partial charge in [-0.2, -0.15) is 8.42 Å². The molecule has 1 amide bonds. The van der Waals surface area contributed by atoms with Crippen molar-refractivity contribution >= 4 is 27.5 Å². The summed E-state index contributed by atoms with van der Waals surface area (Å²) in [5.74, 6) is 0.958. The van der Waals surface area contributed by atoms with Crippen LogP contribution in [0.15, 0.2) is 82.1 Å². The van der Waals surface area contributed by atoms with E-state index >= 15 is 0 Å². The maximum absolute atomic E-state index is 12.8. The van der Waals surface area contributed by atoms with E-state index < -0.39 is 10.0 Å². The van der Waals surface area contributed by atoms with Crippen molar-refractivity contribution in [2.45, 2.75) is 18.4 Å². The molecule has 0 fully saturated rings. The molecular formula is C24H23N3O4S. The van der Waals surface area contributed by atoms with Crippen molar-refractivity contribution in [3.05, 3.63) is 89.5 Å². The molecule has 0 aromatic heterocycles. The molecule has 8 heteroatoms. The molecular weight excluding hydrogens is 426 g/mol. The van der Waals surface area contributed by atoms with Crippen LogP contribution in [0.3, 0.4) is 0 Å². The fourth-order valence-electron chi connectivity index (χ4n) is 3.45. The van der Waals surface area contributed by atoms with Crippen molar-refractivity contribution in [2.75, 3.05) is 19.0 Å². The molecule has 164 valence electrons. The summed E-state index contributed by atoms with van der Waals surface area (Å²) < 4.78 is 33.6. The number of benzene rings is 3. The van der Waals surface area contributed by atoms with Gasteiger partial charge < -0.3 is 15.0 Å². The van der Waals surface area contributed by atoms with E-state index in [2.05, 4.69) is 9.71 Å². The van der Waals surface area contributed by atoms with Crippen LogP contribution in [0.1, 0.15) is 28.4 Å². The molecule has 1 aliphatic rings. The van der Waals surface area contributed by atoms with Gasteiger partial charge in [-0.25, -0.2) is 0 Å². The molecule has 3 aromatic carbocycles. The van der Waals surface area contributed by atoms with Gasteiger partial charge in [0.1, 0.15) is 10.6 Å². The topological polar surface area (TPSA) is 88.1 Å². The molecule has 4 rings (SSSR count). The summed E-state index contributed by atoms with van der Waals surface area (Å²) in [4.78, 5) is 14.6. The number of hydrogen-bond acceptors (Lipinski definition) is 5. The van der Waals surface area contributed by atoms with Gasteiger partial charge in [0, 0.05) is 30.4 Å². The van der Waals surface area contributed by atoms with E-state index in [9.17, 15) is 13.2 Å². The van der Waals surface area contributed by atoms with Crippen LogP contribution in [0, 0.1) is 0 Å². The fraction of sp³-hybridized carbons (Fsp3) is 0.167. The third kappa shape index (κ3) is 4.50. The van der Waals surface area contributed by atoms with Crippen molar-refractivity contribution in [3.63, 3.8) is 0 Å². The summed E-state index contributed by atoms with van der Waals surface area (Å²) in [6.07, 6.45) is 0. The number of ether oxygens (including phenoxy) is 1. The quantitative estimate of drug-likeness (QED) is 0.616. The fourth-order valence-corrected chi connectivity index (χ4v) is 4.63. The standard InChI is InChI=1S/C24H23N3O4S/c1-3-31-20-14-8-17(9-15-20)16-27(2)24(28)18-10-12-19(13-11-18)25-23-21-6-4-5-7-22(21)32(29,30)26-23/h4-15H,3,16H2,1-2H3,(H,25,26). The van der Waals surface area contributed by atoms with Crippen LogP contribution in [0.2, 0.25) is 0 Å². The number of nitrogens with zero attached hydrogens (tertiary/aromatic N) is 2. The Kier molecular flexibility index (Phi) is 5.96. The van der Waals surface area contributed by atoms with Gasteiger partial charge in [0.15, 0.2) is 5.84 Å². The minimum absolute atomic E-state index is 0.114. The molecule has 0 atom stereocenters. The normalized spacial score (nSPS) is 13.8. The first-order chi connectivity index (χ1) is 15.4. The average Bonchev–Trinajstić information content (AvgIpc) is 3.05. The second kappa shape index (κ2) is 8.84. The van der Waals surface area contributed by atoms with Crippen LogP contribution in [0.25, 0.3) is 0 Å². The minimum Gasteiger partial charge on any atom is -0.494 e. The van der Waals surface area contributed by atoms with E-state index in [1.807, 2.05) is 31.2 Å². The summed E-state index contributed by atoms with van der Waals surface area (Å²) in [5, 5.41) is 3.04. The van der Waals surface area contributed by atoms with Crippen molar-refractivity contribution in [2.24, 2.45) is 4.40 Å². The molecule has 1 heterocycles. The minimum atomic E-state index is -3.69. The third-order valence-corrected chi connectivity index (χ3v) is 6.36. The largest absolute Gasteiger partial charge is 0.494 e. The maximum Gasteiger partial charge on any atom is 0.285 e. The van der Waals surface area contributed by atoms with E-state index in [0.29, 0.717) is 30.0 Å². The lowest BCUT2D eigenvalue weighted by Crippen LogP contribution is -2.26. The first kappa shape index (κ1) is 21.6. The molecule has 0 aliphatic carbocycles. The first-order valence-corrected chi connectivity index (χ1v) is 11.6. The number of hydrogen-bond donors (Lipinski definition) is 1. The van der Waals surface area contributed by atoms with Gasteiger partial charge in [-0.05, 0) is 61.0 Å². The molecule has 1 aliphatic heterocycles. The predicted octanol–water partition coefficient (Wildman–Crippen LogP) is 3.92. The molecule has 0 spiro atoms. The number of amidine groups is 1. The van der Waals surface area contributed by atoms with Gasteiger partial charge in [-0.3, -0.25) is 4.79 Å². The molecule has 32 heavy (non-hydrogen) atoms. The zero-order valence-electron chi connectivity index (χ0n) is 17.8. The summed E-state index contributed by atoms with van der Waals surface area (Å²) >= 11 is 0. The highest BCUT2D eigenvalue weighted by atomic mass is 32.2. The number of rotatable bonds is 6. The van der Waals surface area contributed by atoms with E-state index in [-0.39, 0.29) is 16.6 Å². The maximum atomic E-state index is 12.8. The Morgan fingerprint density at radius 1 is 1.00 bits per heavy atom. The summed E-state index contributed by atoms with van der Waals surface area (Å²) in [6.45, 7) is 3.01. The number of anilines is 1. The molecule has 0 saturated heterocycles. The number of nitrogens with one attached hydrogen (secondary N) is 1. The highest BCUT2D eigenvalue weighted by Crippen LogP contribution is 2.26. The van der Waals surface area contributed by atoms with Crippen molar-refractivity contribution in [1.82, 2.24) is 4.90 Å². The number of carbonyl (C=O) groups excluding carboxylic acids is 1. The molecule has 1 N–H and O–H groups in total. The molecule has 0 saturated carbocycles. The molecule has 0 unspecified atom stereocenters. The lowest BCUT2D eigenvalue weighted by Gasteiger charge is -2.18. The predicted molar refractivity (Wildman–Crippen MR) is 124 cm³/mol. The number of sulfonamides is 1. The summed E-state index contributed by atoms with van der Waals surface area (Å²) in [6, 6.07) is 21.2. The number of carbonyl (C=O) groups is 1. The van der Waals surface area contributed by atoms with Crippen LogP contribution >= 0.6 is 0 Å². The molecule has 7 nitrogen and oxygen atoms in total. The van der Waals surface area contributed by atoms with Crippen LogP contribution in [-0.2, 0) is 16.6 Å². The monoisotopic (exact) mass is 449 g/mol. The molecule has 3 aromatic rings. The Bertz CT molecular complexity index is 1270. The Morgan fingerprint density at radius 2 is 1.69 bits per heavy atom. The van der Waals surface area contributed by atoms with E-state index in [1.54, 1.807) is 54.4 Å². The lowest BCUT2D eigenvalue weighted by atomic mass is 10.1. The Hall–Kier alpha value is -3.65. The van der Waals surface area contributed by atoms with Gasteiger partial charge in [0.2, 0.25) is 0 Å². The number of fused-ring (bicyclic) bond motifs is 1. The van der Waals surface area contributed by atoms with Gasteiger partial charge >= 0.3 is 0 Å². The van der Waals surface area contributed by atoms with Gasteiger partial charge in [-0.15, -0.1) is 4.40 Å². The zero-order chi connectivity index (χ0) is 22.7. The SMILES string of the molecule is CCOc1ccc(CN(C)C(=O)c2ccc(NC3=NS(=O)(=O)c4ccccc43)cc2)cc1.